The fourth-order valence-corrected chi connectivity index (χ4v) is 6.84. The molecule has 2 heterocycles. The van der Waals surface area contributed by atoms with Crippen LogP contribution >= 0.6 is 0 Å². The van der Waals surface area contributed by atoms with Crippen molar-refractivity contribution in [3.8, 4) is 11.5 Å². The molecular formula is C41H54FN5O7. The number of carbonyl (C=O) groups is 3. The molecule has 2 aliphatic rings. The molecule has 0 spiro atoms. The van der Waals surface area contributed by atoms with Crippen LogP contribution in [0.2, 0.25) is 0 Å². The number of carbonyl (C=O) groups excluding carboxylic acids is 3. The largest absolute Gasteiger partial charge is 0.494 e. The maximum atomic E-state index is 14.8. The zero-order valence-corrected chi connectivity index (χ0v) is 32.1. The summed E-state index contributed by atoms with van der Waals surface area (Å²) in [6, 6.07) is 19.0. The minimum atomic E-state index is -0.808. The number of nitrogens with one attached hydrogen (secondary N) is 2. The first-order valence-corrected chi connectivity index (χ1v) is 18.8. The van der Waals surface area contributed by atoms with Crippen molar-refractivity contribution >= 4 is 29.5 Å². The van der Waals surface area contributed by atoms with Gasteiger partial charge in [-0.15, -0.1) is 0 Å². The van der Waals surface area contributed by atoms with Gasteiger partial charge in [-0.25, -0.2) is 14.0 Å². The first-order valence-electron chi connectivity index (χ1n) is 18.8. The van der Waals surface area contributed by atoms with Crippen LogP contribution in [0, 0.1) is 11.7 Å². The van der Waals surface area contributed by atoms with Crippen molar-refractivity contribution < 1.29 is 37.7 Å². The molecule has 2 saturated heterocycles. The Morgan fingerprint density at radius 1 is 0.852 bits per heavy atom. The highest BCUT2D eigenvalue weighted by Gasteiger charge is 2.37. The van der Waals surface area contributed by atoms with Gasteiger partial charge in [0.15, 0.2) is 0 Å². The number of ether oxygens (including phenoxy) is 4. The van der Waals surface area contributed by atoms with Gasteiger partial charge in [-0.1, -0.05) is 36.4 Å². The molecule has 2 aliphatic heterocycles. The molecule has 2 fully saturated rings. The first-order chi connectivity index (χ1) is 25.9. The molecule has 292 valence electrons. The van der Waals surface area contributed by atoms with E-state index in [-0.39, 0.29) is 24.2 Å². The Kier molecular flexibility index (Phi) is 14.0. The lowest BCUT2D eigenvalue weighted by molar-refractivity contribution is -0.136. The summed E-state index contributed by atoms with van der Waals surface area (Å²) in [5, 5.41) is 5.82. The summed E-state index contributed by atoms with van der Waals surface area (Å²) < 4.78 is 37.3. The molecule has 3 aromatic carbocycles. The number of anilines is 2. The molecule has 13 heteroatoms. The van der Waals surface area contributed by atoms with E-state index in [1.54, 1.807) is 23.1 Å². The molecule has 0 aromatic heterocycles. The second kappa shape index (κ2) is 18.8. The third-order valence-electron chi connectivity index (χ3n) is 9.46. The van der Waals surface area contributed by atoms with Gasteiger partial charge in [0.1, 0.15) is 35.6 Å². The lowest BCUT2D eigenvalue weighted by atomic mass is 9.88. The van der Waals surface area contributed by atoms with Gasteiger partial charge in [0.05, 0.1) is 24.6 Å². The summed E-state index contributed by atoms with van der Waals surface area (Å²) in [6.07, 6.45) is -0.0272. The monoisotopic (exact) mass is 747 g/mol. The molecule has 54 heavy (non-hydrogen) atoms. The Morgan fingerprint density at radius 3 is 2.22 bits per heavy atom. The van der Waals surface area contributed by atoms with E-state index in [0.29, 0.717) is 94.6 Å². The van der Waals surface area contributed by atoms with Crippen LogP contribution in [0.4, 0.5) is 25.4 Å². The van der Waals surface area contributed by atoms with Gasteiger partial charge in [-0.05, 0) is 83.2 Å². The standard InChI is InChI=1S/C41H54FN5O7/c1-6-51-31-16-17-35(34(26-31)43-40(50)54-41(3,4)5)46-20-18-30(19-21-46)37(44-39(49)53-28-29-12-9-8-10-13-29)38(48)47-24-22-45(23-25-47)27-32-33(42)14-11-15-36(32)52-7-2/h8-17,26,30,37H,6-7,18-25,27-28H2,1-5H3,(H,43,50)(H,44,49)/t37-/m1/s1. The maximum absolute atomic E-state index is 14.8. The third kappa shape index (κ3) is 11.2. The fraction of sp³-hybridized carbons (Fsp3) is 0.488. The number of alkyl carbamates (subject to hydrolysis) is 1. The van der Waals surface area contributed by atoms with Gasteiger partial charge in [0, 0.05) is 57.4 Å². The van der Waals surface area contributed by atoms with Gasteiger partial charge >= 0.3 is 12.2 Å². The molecule has 2 N–H and O–H groups in total. The van der Waals surface area contributed by atoms with Crippen molar-refractivity contribution in [2.75, 3.05) is 62.7 Å². The van der Waals surface area contributed by atoms with Gasteiger partial charge in [0.2, 0.25) is 5.91 Å². The summed E-state index contributed by atoms with van der Waals surface area (Å²) in [6.45, 7) is 13.6. The highest BCUT2D eigenvalue weighted by Crippen LogP contribution is 2.35. The predicted octanol–water partition coefficient (Wildman–Crippen LogP) is 6.83. The number of piperidine rings is 1. The van der Waals surface area contributed by atoms with Gasteiger partial charge in [0.25, 0.3) is 0 Å². The number of nitrogens with zero attached hydrogens (tertiary/aromatic N) is 3. The highest BCUT2D eigenvalue weighted by molar-refractivity contribution is 5.90. The van der Waals surface area contributed by atoms with Crippen LogP contribution in [-0.4, -0.2) is 92.0 Å². The number of benzene rings is 3. The van der Waals surface area contributed by atoms with Crippen LogP contribution < -0.4 is 25.0 Å². The Bertz CT molecular complexity index is 1700. The molecule has 12 nitrogen and oxygen atoms in total. The Labute approximate surface area is 317 Å². The smallest absolute Gasteiger partial charge is 0.412 e. The van der Waals surface area contributed by atoms with Crippen LogP contribution in [0.25, 0.3) is 0 Å². The van der Waals surface area contributed by atoms with Crippen LogP contribution in [0.1, 0.15) is 58.6 Å². The number of hydrogen-bond acceptors (Lipinski definition) is 9. The van der Waals surface area contributed by atoms with E-state index in [0.717, 1.165) is 11.3 Å². The summed E-state index contributed by atoms with van der Waals surface area (Å²) in [5.74, 6) is 0.489. The quantitative estimate of drug-likeness (QED) is 0.194. The topological polar surface area (TPSA) is 122 Å². The average molecular weight is 748 g/mol. The van der Waals surface area contributed by atoms with E-state index in [1.807, 2.05) is 77.1 Å². The van der Waals surface area contributed by atoms with Crippen LogP contribution in [0.5, 0.6) is 11.5 Å². The fourth-order valence-electron chi connectivity index (χ4n) is 6.84. The van der Waals surface area contributed by atoms with Crippen molar-refractivity contribution in [2.24, 2.45) is 5.92 Å². The Balaban J connectivity index is 1.27. The minimum absolute atomic E-state index is 0.0790. The Morgan fingerprint density at radius 2 is 1.56 bits per heavy atom. The lowest BCUT2D eigenvalue weighted by Crippen LogP contribution is -2.58. The molecule has 0 radical (unpaired) electrons. The third-order valence-corrected chi connectivity index (χ3v) is 9.46. The molecular weight excluding hydrogens is 693 g/mol. The molecule has 3 aromatic rings. The second-order valence-electron chi connectivity index (χ2n) is 14.5. The molecule has 5 rings (SSSR count). The van der Waals surface area contributed by atoms with E-state index < -0.39 is 23.8 Å². The van der Waals surface area contributed by atoms with Crippen molar-refractivity contribution in [3.63, 3.8) is 0 Å². The number of amides is 3. The molecule has 0 saturated carbocycles. The van der Waals surface area contributed by atoms with E-state index in [1.165, 1.54) is 6.07 Å². The second-order valence-corrected chi connectivity index (χ2v) is 14.5. The van der Waals surface area contributed by atoms with Crippen molar-refractivity contribution in [3.05, 3.63) is 83.7 Å². The summed E-state index contributed by atoms with van der Waals surface area (Å²) in [5.41, 5.74) is 2.04. The van der Waals surface area contributed by atoms with Crippen LogP contribution in [-0.2, 0) is 27.4 Å². The van der Waals surface area contributed by atoms with E-state index in [2.05, 4.69) is 20.4 Å². The zero-order chi connectivity index (χ0) is 38.7. The van der Waals surface area contributed by atoms with Gasteiger partial charge in [-0.2, -0.15) is 0 Å². The number of piperazine rings is 1. The number of hydrogen-bond donors (Lipinski definition) is 2. The lowest BCUT2D eigenvalue weighted by Gasteiger charge is -2.41. The molecule has 1 atom stereocenters. The van der Waals surface area contributed by atoms with Crippen molar-refractivity contribution in [1.29, 1.82) is 0 Å². The molecule has 0 aliphatic carbocycles. The van der Waals surface area contributed by atoms with Gasteiger partial charge in [-0.3, -0.25) is 15.0 Å². The molecule has 3 amide bonds. The Hall–Kier alpha value is -5.04. The van der Waals surface area contributed by atoms with Crippen LogP contribution in [0.15, 0.2) is 66.7 Å². The van der Waals surface area contributed by atoms with Crippen molar-refractivity contribution in [2.45, 2.75) is 72.3 Å². The molecule has 0 bridgehead atoms. The normalized spacial score (nSPS) is 16.0. The highest BCUT2D eigenvalue weighted by atomic mass is 19.1. The number of halogens is 1. The average Bonchev–Trinajstić information content (AvgIpc) is 3.14. The summed E-state index contributed by atoms with van der Waals surface area (Å²) >= 11 is 0. The first kappa shape index (κ1) is 40.2. The minimum Gasteiger partial charge on any atom is -0.494 e. The van der Waals surface area contributed by atoms with Crippen molar-refractivity contribution in [1.82, 2.24) is 15.1 Å². The number of rotatable bonds is 13. The maximum Gasteiger partial charge on any atom is 0.412 e. The summed E-state index contributed by atoms with van der Waals surface area (Å²) in [4.78, 5) is 46.3. The van der Waals surface area contributed by atoms with E-state index in [4.69, 9.17) is 18.9 Å². The molecule has 0 unspecified atom stereocenters. The van der Waals surface area contributed by atoms with Gasteiger partial charge < -0.3 is 34.1 Å². The summed E-state index contributed by atoms with van der Waals surface area (Å²) in [7, 11) is 0. The zero-order valence-electron chi connectivity index (χ0n) is 32.1. The van der Waals surface area contributed by atoms with Crippen LogP contribution in [0.3, 0.4) is 0 Å². The SMILES string of the molecule is CCOc1ccc(N2CCC([C@@H](NC(=O)OCc3ccccc3)C(=O)N3CCN(Cc4c(F)cccc4OCC)CC3)CC2)c(NC(=O)OC(C)(C)C)c1. The van der Waals surface area contributed by atoms with E-state index in [9.17, 15) is 18.8 Å². The predicted molar refractivity (Wildman–Crippen MR) is 205 cm³/mol. The van der Waals surface area contributed by atoms with E-state index >= 15 is 0 Å².